The Hall–Kier alpha value is -2.52. The number of amides is 1. The number of pyridine rings is 1. The van der Waals surface area contributed by atoms with Gasteiger partial charge in [-0.15, -0.1) is 0 Å². The number of halogens is 1. The van der Waals surface area contributed by atoms with E-state index in [9.17, 15) is 22.4 Å². The fourth-order valence-electron chi connectivity index (χ4n) is 2.92. The first kappa shape index (κ1) is 21.8. The molecule has 2 N–H and O–H groups in total. The summed E-state index contributed by atoms with van der Waals surface area (Å²) in [6.45, 7) is 7.28. The van der Waals surface area contributed by atoms with Crippen molar-refractivity contribution in [3.8, 4) is 0 Å². The lowest BCUT2D eigenvalue weighted by Crippen LogP contribution is -2.31. The average Bonchev–Trinajstić information content (AvgIpc) is 2.61. The second-order valence-corrected chi connectivity index (χ2v) is 8.29. The highest BCUT2D eigenvalue weighted by atomic mass is 32.2. The fourth-order valence-corrected chi connectivity index (χ4v) is 4.40. The molecule has 2 rings (SSSR count). The van der Waals surface area contributed by atoms with Gasteiger partial charge in [-0.1, -0.05) is 13.8 Å². The van der Waals surface area contributed by atoms with Gasteiger partial charge in [0.05, 0.1) is 10.5 Å². The SMILES string of the molecule is CCN(CC)S(=O)(=O)c1ccc(F)c(C(=O)NCc2c(C)cc(C)[nH]c2=O)c1. The Morgan fingerprint density at radius 2 is 1.82 bits per heavy atom. The first-order chi connectivity index (χ1) is 13.1. The highest BCUT2D eigenvalue weighted by Crippen LogP contribution is 2.19. The van der Waals surface area contributed by atoms with Crippen molar-refractivity contribution in [2.75, 3.05) is 13.1 Å². The molecule has 0 aliphatic carbocycles. The molecule has 2 aromatic rings. The van der Waals surface area contributed by atoms with E-state index >= 15 is 0 Å². The normalized spacial score (nSPS) is 11.6. The molecule has 0 unspecified atom stereocenters. The molecule has 1 heterocycles. The van der Waals surface area contributed by atoms with Gasteiger partial charge in [0.25, 0.3) is 11.5 Å². The molecule has 0 fully saturated rings. The molecule has 0 bridgehead atoms. The van der Waals surface area contributed by atoms with E-state index in [1.54, 1.807) is 33.8 Å². The van der Waals surface area contributed by atoms with Crippen LogP contribution in [0.2, 0.25) is 0 Å². The molecule has 0 radical (unpaired) electrons. The minimum Gasteiger partial charge on any atom is -0.348 e. The van der Waals surface area contributed by atoms with Gasteiger partial charge in [0, 0.05) is 30.9 Å². The molecule has 1 amide bonds. The van der Waals surface area contributed by atoms with Crippen molar-refractivity contribution in [3.05, 3.63) is 62.8 Å². The summed E-state index contributed by atoms with van der Waals surface area (Å²) in [6.07, 6.45) is 0. The summed E-state index contributed by atoms with van der Waals surface area (Å²) in [7, 11) is -3.83. The Bertz CT molecular complexity index is 1040. The third-order valence-electron chi connectivity index (χ3n) is 4.45. The molecule has 0 spiro atoms. The summed E-state index contributed by atoms with van der Waals surface area (Å²) in [4.78, 5) is 27.0. The van der Waals surface area contributed by atoms with Gasteiger partial charge >= 0.3 is 0 Å². The molecule has 28 heavy (non-hydrogen) atoms. The second kappa shape index (κ2) is 8.66. The number of aromatic nitrogens is 1. The Morgan fingerprint density at radius 3 is 2.39 bits per heavy atom. The molecule has 7 nitrogen and oxygen atoms in total. The van der Waals surface area contributed by atoms with Gasteiger partial charge in [-0.25, -0.2) is 12.8 Å². The Kier molecular flexibility index (Phi) is 6.73. The molecular formula is C19H24FN3O4S. The van der Waals surface area contributed by atoms with Crippen molar-refractivity contribution < 1.29 is 17.6 Å². The number of aryl methyl sites for hydroxylation is 2. The van der Waals surface area contributed by atoms with Crippen LogP contribution in [0.15, 0.2) is 34.0 Å². The molecule has 1 aromatic heterocycles. The fraction of sp³-hybridized carbons (Fsp3) is 0.368. The molecular weight excluding hydrogens is 385 g/mol. The molecule has 152 valence electrons. The van der Waals surface area contributed by atoms with Gasteiger partial charge in [-0.3, -0.25) is 9.59 Å². The van der Waals surface area contributed by atoms with Gasteiger partial charge in [0.1, 0.15) is 5.82 Å². The standard InChI is InChI=1S/C19H24FN3O4S/c1-5-23(6-2)28(26,27)14-7-8-17(20)15(10-14)18(24)21-11-16-12(3)9-13(4)22-19(16)25/h7-10H,5-6,11H2,1-4H3,(H,21,24)(H,22,25). The zero-order valence-corrected chi connectivity index (χ0v) is 17.1. The number of rotatable bonds is 7. The number of benzene rings is 1. The van der Waals surface area contributed by atoms with E-state index in [-0.39, 0.29) is 30.1 Å². The maximum absolute atomic E-state index is 14.2. The van der Waals surface area contributed by atoms with E-state index in [1.165, 1.54) is 4.31 Å². The summed E-state index contributed by atoms with van der Waals surface area (Å²) in [6, 6.07) is 4.87. The minimum atomic E-state index is -3.83. The Morgan fingerprint density at radius 1 is 1.18 bits per heavy atom. The lowest BCUT2D eigenvalue weighted by Gasteiger charge is -2.19. The highest BCUT2D eigenvalue weighted by Gasteiger charge is 2.24. The lowest BCUT2D eigenvalue weighted by atomic mass is 10.1. The summed E-state index contributed by atoms with van der Waals surface area (Å²) < 4.78 is 40.6. The van der Waals surface area contributed by atoms with E-state index in [2.05, 4.69) is 10.3 Å². The number of nitrogens with one attached hydrogen (secondary N) is 2. The molecule has 0 saturated carbocycles. The zero-order chi connectivity index (χ0) is 21.1. The van der Waals surface area contributed by atoms with Crippen LogP contribution in [-0.4, -0.2) is 36.7 Å². The lowest BCUT2D eigenvalue weighted by molar-refractivity contribution is 0.0946. The number of carbonyl (C=O) groups is 1. The monoisotopic (exact) mass is 409 g/mol. The summed E-state index contributed by atoms with van der Waals surface area (Å²) in [5.74, 6) is -1.64. The first-order valence-corrected chi connectivity index (χ1v) is 10.3. The average molecular weight is 409 g/mol. The maximum atomic E-state index is 14.2. The van der Waals surface area contributed by atoms with Crippen LogP contribution in [0.5, 0.6) is 0 Å². The highest BCUT2D eigenvalue weighted by molar-refractivity contribution is 7.89. The van der Waals surface area contributed by atoms with Crippen LogP contribution in [0.25, 0.3) is 0 Å². The molecule has 0 aliphatic heterocycles. The van der Waals surface area contributed by atoms with E-state index < -0.39 is 27.3 Å². The van der Waals surface area contributed by atoms with Crippen molar-refractivity contribution in [3.63, 3.8) is 0 Å². The van der Waals surface area contributed by atoms with Gasteiger partial charge in [-0.05, 0) is 43.7 Å². The molecule has 0 saturated heterocycles. The zero-order valence-electron chi connectivity index (χ0n) is 16.3. The largest absolute Gasteiger partial charge is 0.348 e. The number of carbonyl (C=O) groups excluding carboxylic acids is 1. The number of hydrogen-bond acceptors (Lipinski definition) is 4. The summed E-state index contributed by atoms with van der Waals surface area (Å²) in [5.41, 5.74) is 1.01. The summed E-state index contributed by atoms with van der Waals surface area (Å²) >= 11 is 0. The van der Waals surface area contributed by atoms with Crippen molar-refractivity contribution >= 4 is 15.9 Å². The smallest absolute Gasteiger partial charge is 0.254 e. The van der Waals surface area contributed by atoms with Crippen molar-refractivity contribution in [2.45, 2.75) is 39.1 Å². The van der Waals surface area contributed by atoms with Crippen LogP contribution in [0.1, 0.15) is 41.0 Å². The van der Waals surface area contributed by atoms with E-state index in [0.717, 1.165) is 18.2 Å². The van der Waals surface area contributed by atoms with Gasteiger partial charge in [-0.2, -0.15) is 4.31 Å². The van der Waals surface area contributed by atoms with Crippen LogP contribution in [0.4, 0.5) is 4.39 Å². The van der Waals surface area contributed by atoms with E-state index in [1.807, 2.05) is 0 Å². The van der Waals surface area contributed by atoms with Gasteiger partial charge in [0.2, 0.25) is 10.0 Å². The number of nitrogens with zero attached hydrogens (tertiary/aromatic N) is 1. The molecule has 0 aliphatic rings. The summed E-state index contributed by atoms with van der Waals surface area (Å²) in [5, 5.41) is 2.49. The topological polar surface area (TPSA) is 99.3 Å². The number of aromatic amines is 1. The van der Waals surface area contributed by atoms with Gasteiger partial charge < -0.3 is 10.3 Å². The van der Waals surface area contributed by atoms with Crippen LogP contribution >= 0.6 is 0 Å². The van der Waals surface area contributed by atoms with E-state index in [0.29, 0.717) is 16.8 Å². The van der Waals surface area contributed by atoms with Crippen LogP contribution < -0.4 is 10.9 Å². The van der Waals surface area contributed by atoms with Crippen LogP contribution in [0.3, 0.4) is 0 Å². The van der Waals surface area contributed by atoms with Crippen LogP contribution in [0, 0.1) is 19.7 Å². The second-order valence-electron chi connectivity index (χ2n) is 6.36. The Labute approximate surface area is 163 Å². The molecule has 9 heteroatoms. The van der Waals surface area contributed by atoms with Gasteiger partial charge in [0.15, 0.2) is 0 Å². The van der Waals surface area contributed by atoms with E-state index in [4.69, 9.17) is 0 Å². The predicted octanol–water partition coefficient (Wildman–Crippen LogP) is 2.09. The number of hydrogen-bond donors (Lipinski definition) is 2. The van der Waals surface area contributed by atoms with Crippen LogP contribution in [-0.2, 0) is 16.6 Å². The Balaban J connectivity index is 2.31. The van der Waals surface area contributed by atoms with Crippen molar-refractivity contribution in [1.29, 1.82) is 0 Å². The number of sulfonamides is 1. The van der Waals surface area contributed by atoms with Crippen molar-refractivity contribution in [1.82, 2.24) is 14.6 Å². The molecule has 1 aromatic carbocycles. The predicted molar refractivity (Wildman–Crippen MR) is 104 cm³/mol. The quantitative estimate of drug-likeness (QED) is 0.731. The van der Waals surface area contributed by atoms with Crippen molar-refractivity contribution in [2.24, 2.45) is 0 Å². The third-order valence-corrected chi connectivity index (χ3v) is 6.49. The third kappa shape index (κ3) is 4.48. The first-order valence-electron chi connectivity index (χ1n) is 8.89. The molecule has 0 atom stereocenters. The number of H-pyrrole nitrogens is 1. The minimum absolute atomic E-state index is 0.104. The maximum Gasteiger partial charge on any atom is 0.254 e.